The number of benzene rings is 1. The molecule has 0 saturated heterocycles. The van der Waals surface area contributed by atoms with Crippen LogP contribution in [0, 0.1) is 0 Å². The van der Waals surface area contributed by atoms with E-state index >= 15 is 0 Å². The molecule has 1 atom stereocenters. The van der Waals surface area contributed by atoms with Crippen LogP contribution in [-0.4, -0.2) is 18.5 Å². The van der Waals surface area contributed by atoms with Gasteiger partial charge in [0.15, 0.2) is 5.76 Å². The van der Waals surface area contributed by atoms with Crippen LogP contribution in [0.1, 0.15) is 0 Å². The Bertz CT molecular complexity index is 386. The third kappa shape index (κ3) is 2.33. The highest BCUT2D eigenvalue weighted by Gasteiger charge is 2.27. The van der Waals surface area contributed by atoms with Crippen LogP contribution >= 0.6 is 11.8 Å². The lowest BCUT2D eigenvalue weighted by molar-refractivity contribution is -0.136. The summed E-state index contributed by atoms with van der Waals surface area (Å²) < 4.78 is 10.1. The first-order valence-corrected chi connectivity index (χ1v) is 5.35. The van der Waals surface area contributed by atoms with Gasteiger partial charge in [0, 0.05) is 4.90 Å². The molecule has 0 fully saturated rings. The molecule has 3 nitrogen and oxygen atoms in total. The zero-order valence-corrected chi connectivity index (χ0v) is 8.99. The molecule has 78 valence electrons. The van der Waals surface area contributed by atoms with Crippen molar-refractivity contribution in [1.82, 2.24) is 0 Å². The third-order valence-electron chi connectivity index (χ3n) is 1.94. The Labute approximate surface area is 92.1 Å². The average Bonchev–Trinajstić information content (AvgIpc) is 2.60. The summed E-state index contributed by atoms with van der Waals surface area (Å²) in [6, 6.07) is 9.75. The molecule has 1 aliphatic heterocycles. The Morgan fingerprint density at radius 2 is 2.07 bits per heavy atom. The molecular weight excluding hydrogens is 212 g/mol. The smallest absolute Gasteiger partial charge is 0.335 e. The number of hydrogen-bond donors (Lipinski definition) is 0. The minimum atomic E-state index is -0.357. The number of rotatable bonds is 3. The Morgan fingerprint density at radius 1 is 1.33 bits per heavy atom. The number of carbonyl (C=O) groups is 1. The first-order chi connectivity index (χ1) is 7.29. The van der Waals surface area contributed by atoms with Crippen LogP contribution < -0.4 is 0 Å². The van der Waals surface area contributed by atoms with Gasteiger partial charge in [0.05, 0.1) is 13.2 Å². The first kappa shape index (κ1) is 10.1. The molecule has 1 heterocycles. The number of hydrogen-bond acceptors (Lipinski definition) is 4. The quantitative estimate of drug-likeness (QED) is 0.734. The van der Waals surface area contributed by atoms with Crippen molar-refractivity contribution in [3.63, 3.8) is 0 Å². The van der Waals surface area contributed by atoms with Gasteiger partial charge >= 0.3 is 5.97 Å². The molecule has 0 radical (unpaired) electrons. The maximum absolute atomic E-state index is 11.0. The molecule has 0 unspecified atom stereocenters. The summed E-state index contributed by atoms with van der Waals surface area (Å²) in [5.41, 5.74) is -0.357. The highest BCUT2D eigenvalue weighted by atomic mass is 32.2. The van der Waals surface area contributed by atoms with Crippen molar-refractivity contribution in [2.75, 3.05) is 7.11 Å². The fraction of sp³-hybridized carbons (Fsp3) is 0.182. The normalized spacial score (nSPS) is 19.7. The molecule has 1 aromatic carbocycles. The van der Waals surface area contributed by atoms with Gasteiger partial charge in [-0.15, -0.1) is 0 Å². The fourth-order valence-electron chi connectivity index (χ4n) is 1.24. The number of esters is 1. The molecule has 15 heavy (non-hydrogen) atoms. The zero-order chi connectivity index (χ0) is 10.7. The summed E-state index contributed by atoms with van der Waals surface area (Å²) in [5, 5.41) is 0. The molecule has 0 amide bonds. The second-order valence-corrected chi connectivity index (χ2v) is 4.09. The van der Waals surface area contributed by atoms with Crippen LogP contribution in [0.5, 0.6) is 0 Å². The molecule has 0 N–H and O–H groups in total. The van der Waals surface area contributed by atoms with Crippen LogP contribution in [0.25, 0.3) is 0 Å². The molecule has 0 bridgehead atoms. The van der Waals surface area contributed by atoms with E-state index in [1.807, 2.05) is 30.3 Å². The minimum Gasteiger partial charge on any atom is -0.496 e. The van der Waals surface area contributed by atoms with E-state index in [0.29, 0.717) is 5.76 Å². The van der Waals surface area contributed by atoms with E-state index in [1.54, 1.807) is 0 Å². The lowest BCUT2D eigenvalue weighted by Crippen LogP contribution is -2.07. The molecule has 0 aliphatic carbocycles. The van der Waals surface area contributed by atoms with Crippen molar-refractivity contribution in [2.45, 2.75) is 10.3 Å². The molecule has 2 rings (SSSR count). The molecule has 0 saturated carbocycles. The van der Waals surface area contributed by atoms with Gasteiger partial charge in [-0.3, -0.25) is 0 Å². The molecular formula is C11H10O3S. The van der Waals surface area contributed by atoms with E-state index in [0.717, 1.165) is 4.90 Å². The fourth-order valence-corrected chi connectivity index (χ4v) is 2.23. The van der Waals surface area contributed by atoms with Crippen LogP contribution in [0.15, 0.2) is 47.1 Å². The lowest BCUT2D eigenvalue weighted by Gasteiger charge is -2.12. The number of thioether (sulfide) groups is 1. The monoisotopic (exact) mass is 222 g/mol. The van der Waals surface area contributed by atoms with Gasteiger partial charge in [-0.25, -0.2) is 4.79 Å². The van der Waals surface area contributed by atoms with Crippen LogP contribution in [0.3, 0.4) is 0 Å². The second kappa shape index (κ2) is 4.40. The summed E-state index contributed by atoms with van der Waals surface area (Å²) in [5.74, 6) is 0.217. The van der Waals surface area contributed by atoms with E-state index in [-0.39, 0.29) is 11.4 Å². The first-order valence-electron chi connectivity index (χ1n) is 4.47. The Balaban J connectivity index is 2.08. The Morgan fingerprint density at radius 3 is 2.73 bits per heavy atom. The van der Waals surface area contributed by atoms with Crippen molar-refractivity contribution in [3.8, 4) is 0 Å². The zero-order valence-electron chi connectivity index (χ0n) is 8.17. The van der Waals surface area contributed by atoms with E-state index in [9.17, 15) is 4.79 Å². The molecule has 0 spiro atoms. The predicted octanol–water partition coefficient (Wildman–Crippen LogP) is 2.19. The summed E-state index contributed by atoms with van der Waals surface area (Å²) >= 11 is 1.45. The summed E-state index contributed by atoms with van der Waals surface area (Å²) in [7, 11) is 1.53. The number of carbonyl (C=O) groups excluding carboxylic acids is 1. The van der Waals surface area contributed by atoms with E-state index in [2.05, 4.69) is 0 Å². The minimum absolute atomic E-state index is 0.347. The van der Waals surface area contributed by atoms with Crippen molar-refractivity contribution in [1.29, 1.82) is 0 Å². The van der Waals surface area contributed by atoms with Crippen molar-refractivity contribution >= 4 is 17.7 Å². The van der Waals surface area contributed by atoms with E-state index in [4.69, 9.17) is 9.47 Å². The van der Waals surface area contributed by atoms with Gasteiger partial charge in [0.1, 0.15) is 0 Å². The number of methoxy groups -OCH3 is 1. The molecule has 0 aromatic heterocycles. The summed E-state index contributed by atoms with van der Waals surface area (Å²) in [6.45, 7) is 0. The topological polar surface area (TPSA) is 35.5 Å². The van der Waals surface area contributed by atoms with Crippen molar-refractivity contribution < 1.29 is 14.3 Å². The highest BCUT2D eigenvalue weighted by Crippen LogP contribution is 2.32. The Kier molecular flexibility index (Phi) is 2.97. The standard InChI is InChI=1S/C11H10O3S/c1-13-9-7-10(12)14-11(9)15-8-5-3-2-4-6-8/h2-7,11H,1H3/t11-/m1/s1. The second-order valence-electron chi connectivity index (χ2n) is 2.95. The lowest BCUT2D eigenvalue weighted by atomic mass is 10.4. The number of cyclic esters (lactones) is 1. The van der Waals surface area contributed by atoms with Gasteiger partial charge < -0.3 is 9.47 Å². The van der Waals surface area contributed by atoms with Crippen molar-refractivity contribution in [2.24, 2.45) is 0 Å². The van der Waals surface area contributed by atoms with Gasteiger partial charge in [0.2, 0.25) is 5.44 Å². The number of ether oxygens (including phenoxy) is 2. The molecule has 1 aliphatic rings. The van der Waals surface area contributed by atoms with Crippen LogP contribution in [0.2, 0.25) is 0 Å². The Hall–Kier alpha value is -1.42. The largest absolute Gasteiger partial charge is 0.496 e. The predicted molar refractivity (Wildman–Crippen MR) is 57.3 cm³/mol. The van der Waals surface area contributed by atoms with Gasteiger partial charge in [-0.2, -0.15) is 0 Å². The van der Waals surface area contributed by atoms with Crippen LogP contribution in [0.4, 0.5) is 0 Å². The van der Waals surface area contributed by atoms with Gasteiger partial charge in [-0.05, 0) is 12.1 Å². The van der Waals surface area contributed by atoms with E-state index in [1.165, 1.54) is 24.9 Å². The SMILES string of the molecule is COC1=CC(=O)O[C@@H]1Sc1ccccc1. The van der Waals surface area contributed by atoms with E-state index < -0.39 is 0 Å². The van der Waals surface area contributed by atoms with Gasteiger partial charge in [-0.1, -0.05) is 30.0 Å². The maximum Gasteiger partial charge on any atom is 0.335 e. The summed E-state index contributed by atoms with van der Waals surface area (Å²) in [6.07, 6.45) is 1.38. The van der Waals surface area contributed by atoms with Gasteiger partial charge in [0.25, 0.3) is 0 Å². The maximum atomic E-state index is 11.0. The summed E-state index contributed by atoms with van der Waals surface area (Å²) in [4.78, 5) is 12.1. The van der Waals surface area contributed by atoms with Crippen LogP contribution in [-0.2, 0) is 14.3 Å². The average molecular weight is 222 g/mol. The third-order valence-corrected chi connectivity index (χ3v) is 3.02. The molecule has 1 aromatic rings. The van der Waals surface area contributed by atoms with Crippen molar-refractivity contribution in [3.05, 3.63) is 42.2 Å². The molecule has 4 heteroatoms. The highest BCUT2D eigenvalue weighted by molar-refractivity contribution is 8.00.